The molecule has 0 atom stereocenters. The molecule has 0 aliphatic heterocycles. The van der Waals surface area contributed by atoms with Crippen molar-refractivity contribution in [2.45, 2.75) is 0 Å². The fourth-order valence-electron chi connectivity index (χ4n) is 1.43. The van der Waals surface area contributed by atoms with Gasteiger partial charge in [-0.25, -0.2) is 13.9 Å². The third-order valence-electron chi connectivity index (χ3n) is 2.20. The highest BCUT2D eigenvalue weighted by Crippen LogP contribution is 2.25. The summed E-state index contributed by atoms with van der Waals surface area (Å²) in [5.74, 6) is -0.275. The van der Waals surface area contributed by atoms with Crippen molar-refractivity contribution in [3.05, 3.63) is 40.2 Å². The van der Waals surface area contributed by atoms with Crippen LogP contribution >= 0.6 is 27.3 Å². The first-order chi connectivity index (χ1) is 7.74. The first-order valence-corrected chi connectivity index (χ1v) is 6.15. The third-order valence-corrected chi connectivity index (χ3v) is 3.50. The topological polar surface area (TPSA) is 30.2 Å². The summed E-state index contributed by atoms with van der Waals surface area (Å²) >= 11 is 4.62. The minimum atomic E-state index is -0.275. The van der Waals surface area contributed by atoms with Crippen molar-refractivity contribution in [1.82, 2.24) is 14.6 Å². The van der Waals surface area contributed by atoms with Crippen molar-refractivity contribution in [2.24, 2.45) is 0 Å². The van der Waals surface area contributed by atoms with Crippen LogP contribution in [0.3, 0.4) is 0 Å². The molecule has 0 spiro atoms. The van der Waals surface area contributed by atoms with E-state index in [4.69, 9.17) is 0 Å². The fourth-order valence-corrected chi connectivity index (χ4v) is 2.41. The van der Waals surface area contributed by atoms with E-state index in [1.165, 1.54) is 17.4 Å². The van der Waals surface area contributed by atoms with Crippen molar-refractivity contribution < 1.29 is 4.39 Å². The number of aromatic nitrogens is 3. The van der Waals surface area contributed by atoms with Gasteiger partial charge in [0, 0.05) is 5.56 Å². The normalized spacial score (nSPS) is 11.1. The average molecular weight is 298 g/mol. The maximum atomic E-state index is 13.1. The van der Waals surface area contributed by atoms with Crippen molar-refractivity contribution in [2.75, 3.05) is 0 Å². The highest BCUT2D eigenvalue weighted by atomic mass is 79.9. The summed E-state index contributed by atoms with van der Waals surface area (Å²) in [6.45, 7) is 0. The van der Waals surface area contributed by atoms with E-state index in [9.17, 15) is 4.39 Å². The van der Waals surface area contributed by atoms with Crippen molar-refractivity contribution in [3.8, 4) is 11.3 Å². The summed E-state index contributed by atoms with van der Waals surface area (Å²) in [6.07, 6.45) is 1.82. The van der Waals surface area contributed by atoms with E-state index in [0.717, 1.165) is 16.2 Å². The molecule has 80 valence electrons. The van der Waals surface area contributed by atoms with Gasteiger partial charge in [-0.3, -0.25) is 0 Å². The molecule has 3 aromatic rings. The number of benzene rings is 1. The number of fused-ring (bicyclic) bond motifs is 1. The number of nitrogens with zero attached hydrogens (tertiary/aromatic N) is 3. The fraction of sp³-hybridized carbons (Fsp3) is 0. The van der Waals surface area contributed by atoms with Gasteiger partial charge in [0.15, 0.2) is 0 Å². The van der Waals surface area contributed by atoms with Gasteiger partial charge < -0.3 is 0 Å². The maximum Gasteiger partial charge on any atom is 0.212 e. The van der Waals surface area contributed by atoms with Gasteiger partial charge in [0.05, 0.1) is 16.4 Å². The van der Waals surface area contributed by atoms with Crippen LogP contribution in [0.25, 0.3) is 16.2 Å². The van der Waals surface area contributed by atoms with Crippen LogP contribution in [0.15, 0.2) is 34.4 Å². The van der Waals surface area contributed by atoms with Crippen LogP contribution in [0.1, 0.15) is 0 Å². The number of imidazole rings is 1. The van der Waals surface area contributed by atoms with Crippen LogP contribution in [0.4, 0.5) is 4.39 Å². The molecule has 16 heavy (non-hydrogen) atoms. The zero-order valence-electron chi connectivity index (χ0n) is 7.89. The number of rotatable bonds is 1. The molecular weight excluding hydrogens is 293 g/mol. The van der Waals surface area contributed by atoms with E-state index < -0.39 is 0 Å². The summed E-state index contributed by atoms with van der Waals surface area (Å²) in [6, 6.07) is 4.83. The van der Waals surface area contributed by atoms with Gasteiger partial charge >= 0.3 is 0 Å². The molecule has 3 nitrogen and oxygen atoms in total. The number of hydrogen-bond donors (Lipinski definition) is 0. The highest BCUT2D eigenvalue weighted by Gasteiger charge is 2.07. The summed E-state index contributed by atoms with van der Waals surface area (Å²) in [7, 11) is 0. The lowest BCUT2D eigenvalue weighted by atomic mass is 10.2. The predicted octanol–water partition coefficient (Wildman–Crippen LogP) is 3.36. The Morgan fingerprint density at radius 2 is 2.25 bits per heavy atom. The lowest BCUT2D eigenvalue weighted by Crippen LogP contribution is -1.81. The first kappa shape index (κ1) is 9.92. The van der Waals surface area contributed by atoms with E-state index in [0.29, 0.717) is 4.47 Å². The van der Waals surface area contributed by atoms with Crippen LogP contribution < -0.4 is 0 Å². The van der Waals surface area contributed by atoms with E-state index >= 15 is 0 Å². The lowest BCUT2D eigenvalue weighted by Gasteiger charge is -1.98. The van der Waals surface area contributed by atoms with Crippen molar-refractivity contribution in [3.63, 3.8) is 0 Å². The van der Waals surface area contributed by atoms with Crippen LogP contribution in [0, 0.1) is 5.82 Å². The molecule has 0 saturated carbocycles. The van der Waals surface area contributed by atoms with Gasteiger partial charge in [-0.05, 0) is 34.1 Å². The highest BCUT2D eigenvalue weighted by molar-refractivity contribution is 9.10. The molecule has 0 unspecified atom stereocenters. The van der Waals surface area contributed by atoms with Gasteiger partial charge in [-0.2, -0.15) is 5.10 Å². The predicted molar refractivity (Wildman–Crippen MR) is 64.0 cm³/mol. The summed E-state index contributed by atoms with van der Waals surface area (Å²) in [5.41, 5.74) is 3.39. The molecule has 0 bridgehead atoms. The van der Waals surface area contributed by atoms with Gasteiger partial charge in [0.25, 0.3) is 0 Å². The molecule has 0 fully saturated rings. The van der Waals surface area contributed by atoms with E-state index in [1.807, 2.05) is 6.20 Å². The van der Waals surface area contributed by atoms with Crippen LogP contribution in [0.2, 0.25) is 0 Å². The van der Waals surface area contributed by atoms with Crippen LogP contribution in [-0.4, -0.2) is 14.6 Å². The minimum absolute atomic E-state index is 0.275. The van der Waals surface area contributed by atoms with Crippen molar-refractivity contribution >= 4 is 32.2 Å². The second kappa shape index (κ2) is 3.64. The average Bonchev–Trinajstić information content (AvgIpc) is 2.81. The number of halogens is 2. The Morgan fingerprint density at radius 3 is 3.00 bits per heavy atom. The molecule has 2 aromatic heterocycles. The Bertz CT molecular complexity index is 632. The van der Waals surface area contributed by atoms with Crippen LogP contribution in [-0.2, 0) is 0 Å². The Kier molecular flexibility index (Phi) is 2.26. The summed E-state index contributed by atoms with van der Waals surface area (Å²) in [4.78, 5) is 5.22. The minimum Gasteiger partial charge on any atom is -0.217 e. The van der Waals surface area contributed by atoms with Crippen LogP contribution in [0.5, 0.6) is 0 Å². The Balaban J connectivity index is 2.15. The molecule has 0 radical (unpaired) electrons. The Labute approximate surface area is 103 Å². The molecule has 2 heterocycles. The monoisotopic (exact) mass is 297 g/mol. The van der Waals surface area contributed by atoms with Gasteiger partial charge in [0.1, 0.15) is 11.3 Å². The molecule has 1 aromatic carbocycles. The lowest BCUT2D eigenvalue weighted by molar-refractivity contribution is 0.621. The zero-order chi connectivity index (χ0) is 11.1. The van der Waals surface area contributed by atoms with Gasteiger partial charge in [-0.1, -0.05) is 11.3 Å². The second-order valence-corrected chi connectivity index (χ2v) is 4.89. The Morgan fingerprint density at radius 1 is 1.38 bits per heavy atom. The summed E-state index contributed by atoms with van der Waals surface area (Å²) < 4.78 is 15.2. The second-order valence-electron chi connectivity index (χ2n) is 3.22. The quantitative estimate of drug-likeness (QED) is 0.689. The first-order valence-electron chi connectivity index (χ1n) is 4.48. The number of hydrogen-bond acceptors (Lipinski definition) is 3. The smallest absolute Gasteiger partial charge is 0.212 e. The molecular formula is C10H5BrFN3S. The maximum absolute atomic E-state index is 13.1. The van der Waals surface area contributed by atoms with E-state index in [1.54, 1.807) is 22.2 Å². The molecule has 0 saturated heterocycles. The van der Waals surface area contributed by atoms with Gasteiger partial charge in [-0.15, -0.1) is 0 Å². The summed E-state index contributed by atoms with van der Waals surface area (Å²) in [5, 5.41) is 4.09. The molecule has 0 aliphatic rings. The van der Waals surface area contributed by atoms with E-state index in [-0.39, 0.29) is 5.82 Å². The van der Waals surface area contributed by atoms with Crippen molar-refractivity contribution in [1.29, 1.82) is 0 Å². The molecule has 3 rings (SSSR count). The largest absolute Gasteiger partial charge is 0.217 e. The third kappa shape index (κ3) is 1.54. The molecule has 0 N–H and O–H groups in total. The molecule has 0 aliphatic carbocycles. The zero-order valence-corrected chi connectivity index (χ0v) is 10.3. The Hall–Kier alpha value is -1.27. The standard InChI is InChI=1S/C10H5BrFN3S/c11-7-3-6(1-2-8(7)12)9-4-15-10(14-9)16-5-13-15/h1-5H. The molecule has 6 heteroatoms. The van der Waals surface area contributed by atoms with E-state index in [2.05, 4.69) is 26.0 Å². The van der Waals surface area contributed by atoms with Gasteiger partial charge in [0.2, 0.25) is 4.96 Å². The molecule has 0 amide bonds. The SMILES string of the molecule is Fc1ccc(-c2cn3ncsc3n2)cc1Br.